The molecule has 0 aromatic carbocycles. The molecule has 0 aromatic rings. The van der Waals surface area contributed by atoms with Crippen LogP contribution in [0, 0.1) is 0 Å². The van der Waals surface area contributed by atoms with Crippen molar-refractivity contribution in [2.75, 3.05) is 6.26 Å². The number of halogens is 1. The number of unbranched alkanes of at least 4 members (excludes halogenated alkanes) is 1. The van der Waals surface area contributed by atoms with Gasteiger partial charge in [-0.15, -0.1) is 11.8 Å². The number of hydrogen-bond acceptors (Lipinski definition) is 3. The van der Waals surface area contributed by atoms with E-state index in [0.29, 0.717) is 0 Å². The van der Waals surface area contributed by atoms with Crippen molar-refractivity contribution in [1.82, 2.24) is 5.01 Å². The normalized spacial score (nSPS) is 19.5. The first-order valence-corrected chi connectivity index (χ1v) is 7.79. The van der Waals surface area contributed by atoms with Crippen LogP contribution in [0.2, 0.25) is 0 Å². The van der Waals surface area contributed by atoms with E-state index >= 15 is 0 Å². The van der Waals surface area contributed by atoms with Crippen LogP contribution in [0.5, 0.6) is 0 Å². The fourth-order valence-electron chi connectivity index (χ4n) is 1.49. The van der Waals surface area contributed by atoms with E-state index in [4.69, 9.17) is 0 Å². The summed E-state index contributed by atoms with van der Waals surface area (Å²) in [6.07, 6.45) is 10.7. The Kier molecular flexibility index (Phi) is 6.06. The van der Waals surface area contributed by atoms with Gasteiger partial charge >= 0.3 is 0 Å². The molecule has 0 aromatic heterocycles. The van der Waals surface area contributed by atoms with Gasteiger partial charge in [-0.2, -0.15) is 5.10 Å². The summed E-state index contributed by atoms with van der Waals surface area (Å²) in [4.78, 5) is 1.25. The highest BCUT2D eigenvalue weighted by Crippen LogP contribution is 2.32. The molecule has 94 valence electrons. The average Bonchev–Trinajstić information content (AvgIpc) is 2.35. The number of hydrogen-bond donors (Lipinski definition) is 0. The summed E-state index contributed by atoms with van der Waals surface area (Å²) in [5, 5.41) is 6.53. The van der Waals surface area contributed by atoms with E-state index in [1.807, 2.05) is 11.9 Å². The van der Waals surface area contributed by atoms with Gasteiger partial charge in [0.2, 0.25) is 0 Å². The maximum Gasteiger partial charge on any atom is 0.128 e. The van der Waals surface area contributed by atoms with Crippen LogP contribution in [0.3, 0.4) is 0 Å². The lowest BCUT2D eigenvalue weighted by atomic mass is 10.2. The Bertz CT molecular complexity index is 394. The maximum absolute atomic E-state index is 4.53. The fraction of sp³-hybridized carbons (Fsp3) is 0.462. The van der Waals surface area contributed by atoms with Crippen molar-refractivity contribution >= 4 is 32.3 Å². The third kappa shape index (κ3) is 3.75. The van der Waals surface area contributed by atoms with Crippen LogP contribution in [-0.4, -0.2) is 15.9 Å². The van der Waals surface area contributed by atoms with E-state index in [1.165, 1.54) is 10.6 Å². The van der Waals surface area contributed by atoms with Crippen LogP contribution in [0.4, 0.5) is 0 Å². The smallest absolute Gasteiger partial charge is 0.128 e. The SMILES string of the molecule is C/C=C(/C)N1N=C(Br)C=C(SC)/C1=C\CCC. The number of rotatable bonds is 4. The van der Waals surface area contributed by atoms with Crippen molar-refractivity contribution in [1.29, 1.82) is 0 Å². The molecule has 0 atom stereocenters. The highest BCUT2D eigenvalue weighted by atomic mass is 79.9. The van der Waals surface area contributed by atoms with Gasteiger partial charge in [-0.05, 0) is 48.5 Å². The summed E-state index contributed by atoms with van der Waals surface area (Å²) in [6, 6.07) is 0. The van der Waals surface area contributed by atoms with Crippen LogP contribution in [-0.2, 0) is 0 Å². The van der Waals surface area contributed by atoms with E-state index in [2.05, 4.69) is 59.4 Å². The number of hydrazone groups is 1. The molecule has 0 saturated carbocycles. The minimum absolute atomic E-state index is 0.872. The van der Waals surface area contributed by atoms with Gasteiger partial charge in [0.05, 0.1) is 5.70 Å². The number of thioether (sulfide) groups is 1. The van der Waals surface area contributed by atoms with Gasteiger partial charge in [-0.3, -0.25) is 0 Å². The lowest BCUT2D eigenvalue weighted by Gasteiger charge is -2.27. The van der Waals surface area contributed by atoms with Gasteiger partial charge < -0.3 is 0 Å². The zero-order valence-electron chi connectivity index (χ0n) is 10.8. The Hall–Kier alpha value is -0.480. The lowest BCUT2D eigenvalue weighted by molar-refractivity contribution is 0.463. The van der Waals surface area contributed by atoms with Gasteiger partial charge in [0.1, 0.15) is 4.62 Å². The highest BCUT2D eigenvalue weighted by Gasteiger charge is 2.19. The Labute approximate surface area is 117 Å². The topological polar surface area (TPSA) is 15.6 Å². The van der Waals surface area contributed by atoms with E-state index in [0.717, 1.165) is 23.2 Å². The molecule has 1 aliphatic rings. The van der Waals surface area contributed by atoms with Crippen molar-refractivity contribution in [2.45, 2.75) is 33.6 Å². The third-order valence-corrected chi connectivity index (χ3v) is 3.68. The molecule has 1 heterocycles. The molecule has 0 saturated heterocycles. The quantitative estimate of drug-likeness (QED) is 0.736. The first kappa shape index (κ1) is 14.6. The molecule has 0 fully saturated rings. The van der Waals surface area contributed by atoms with E-state index in [1.54, 1.807) is 11.8 Å². The summed E-state index contributed by atoms with van der Waals surface area (Å²) in [6.45, 7) is 6.30. The summed E-state index contributed by atoms with van der Waals surface area (Å²) in [5.41, 5.74) is 2.34. The van der Waals surface area contributed by atoms with Crippen molar-refractivity contribution in [3.8, 4) is 0 Å². The molecule has 1 rings (SSSR count). The van der Waals surface area contributed by atoms with Crippen LogP contribution in [0.1, 0.15) is 33.6 Å². The number of nitrogens with zero attached hydrogens (tertiary/aromatic N) is 2. The molecule has 0 amide bonds. The highest BCUT2D eigenvalue weighted by molar-refractivity contribution is 9.18. The zero-order valence-corrected chi connectivity index (χ0v) is 13.2. The molecule has 17 heavy (non-hydrogen) atoms. The fourth-order valence-corrected chi connectivity index (χ4v) is 2.63. The van der Waals surface area contributed by atoms with Crippen LogP contribution >= 0.6 is 27.7 Å². The summed E-state index contributed by atoms with van der Waals surface area (Å²) in [7, 11) is 0. The molecule has 0 unspecified atom stereocenters. The first-order chi connectivity index (χ1) is 8.13. The van der Waals surface area contributed by atoms with Gasteiger partial charge in [0.25, 0.3) is 0 Å². The molecule has 0 aliphatic carbocycles. The molecule has 0 radical (unpaired) electrons. The van der Waals surface area contributed by atoms with Crippen LogP contribution < -0.4 is 0 Å². The molecular weight excluding hydrogens is 296 g/mol. The average molecular weight is 315 g/mol. The molecule has 0 bridgehead atoms. The standard InChI is InChI=1S/C13H19BrN2S/c1-5-7-8-11-12(17-4)9-13(14)15-16(11)10(3)6-2/h6,8-9H,5,7H2,1-4H3/b10-6-,11-8+. The molecule has 0 spiro atoms. The summed E-state index contributed by atoms with van der Waals surface area (Å²) in [5.74, 6) is 0. The van der Waals surface area contributed by atoms with E-state index in [-0.39, 0.29) is 0 Å². The first-order valence-electron chi connectivity index (χ1n) is 5.77. The Morgan fingerprint density at radius 1 is 1.59 bits per heavy atom. The monoisotopic (exact) mass is 314 g/mol. The van der Waals surface area contributed by atoms with Crippen molar-refractivity contribution in [3.63, 3.8) is 0 Å². The van der Waals surface area contributed by atoms with Gasteiger partial charge in [-0.1, -0.05) is 25.5 Å². The van der Waals surface area contributed by atoms with Gasteiger partial charge in [0, 0.05) is 10.6 Å². The van der Waals surface area contributed by atoms with Crippen molar-refractivity contribution < 1.29 is 0 Å². The Morgan fingerprint density at radius 2 is 2.29 bits per heavy atom. The van der Waals surface area contributed by atoms with Crippen LogP contribution in [0.15, 0.2) is 39.6 Å². The summed E-state index contributed by atoms with van der Waals surface area (Å²) >= 11 is 5.22. The van der Waals surface area contributed by atoms with Gasteiger partial charge in [0.15, 0.2) is 0 Å². The second kappa shape index (κ2) is 7.07. The Morgan fingerprint density at radius 3 is 2.82 bits per heavy atom. The predicted molar refractivity (Wildman–Crippen MR) is 82.2 cm³/mol. The number of allylic oxidation sites excluding steroid dienone is 4. The van der Waals surface area contributed by atoms with E-state index < -0.39 is 0 Å². The molecular formula is C13H19BrN2S. The van der Waals surface area contributed by atoms with E-state index in [9.17, 15) is 0 Å². The minimum Gasteiger partial charge on any atom is -0.237 e. The second-order valence-electron chi connectivity index (χ2n) is 3.76. The second-order valence-corrected chi connectivity index (χ2v) is 5.42. The van der Waals surface area contributed by atoms with Crippen molar-refractivity contribution in [3.05, 3.63) is 34.5 Å². The maximum atomic E-state index is 4.53. The molecule has 0 N–H and O–H groups in total. The molecule has 2 nitrogen and oxygen atoms in total. The third-order valence-electron chi connectivity index (χ3n) is 2.52. The minimum atomic E-state index is 0.872. The lowest BCUT2D eigenvalue weighted by Crippen LogP contribution is -2.20. The predicted octanol–water partition coefficient (Wildman–Crippen LogP) is 4.87. The Balaban J connectivity index is 3.13. The molecule has 1 aliphatic heterocycles. The largest absolute Gasteiger partial charge is 0.237 e. The molecule has 4 heteroatoms. The van der Waals surface area contributed by atoms with Crippen molar-refractivity contribution in [2.24, 2.45) is 5.10 Å². The van der Waals surface area contributed by atoms with Gasteiger partial charge in [-0.25, -0.2) is 5.01 Å². The summed E-state index contributed by atoms with van der Waals surface area (Å²) < 4.78 is 0.872. The van der Waals surface area contributed by atoms with Crippen LogP contribution in [0.25, 0.3) is 0 Å². The zero-order chi connectivity index (χ0) is 12.8.